The van der Waals surface area contributed by atoms with Crippen molar-refractivity contribution < 1.29 is 9.21 Å². The molecule has 0 bridgehead atoms. The van der Waals surface area contributed by atoms with Crippen LogP contribution in [0.5, 0.6) is 0 Å². The van der Waals surface area contributed by atoms with E-state index >= 15 is 0 Å². The van der Waals surface area contributed by atoms with E-state index in [9.17, 15) is 9.59 Å². The van der Waals surface area contributed by atoms with Crippen molar-refractivity contribution in [2.45, 2.75) is 13.5 Å². The minimum Gasteiger partial charge on any atom is -0.422 e. The number of aryl methyl sites for hydroxylation is 1. The van der Waals surface area contributed by atoms with Gasteiger partial charge in [0.1, 0.15) is 11.1 Å². The number of nitrogens with zero attached hydrogens (tertiary/aromatic N) is 2. The van der Waals surface area contributed by atoms with Crippen molar-refractivity contribution in [3.63, 3.8) is 0 Å². The molecule has 6 rings (SSSR count). The van der Waals surface area contributed by atoms with Gasteiger partial charge in [-0.05, 0) is 53.1 Å². The van der Waals surface area contributed by atoms with Crippen LogP contribution in [0.15, 0.2) is 100 Å². The van der Waals surface area contributed by atoms with Crippen molar-refractivity contribution in [3.8, 4) is 0 Å². The molecule has 5 nitrogen and oxygen atoms in total. The molecule has 0 aliphatic heterocycles. The molecule has 2 aromatic heterocycles. The topological polar surface area (TPSA) is 63.4 Å². The van der Waals surface area contributed by atoms with Gasteiger partial charge in [-0.15, -0.1) is 0 Å². The summed E-state index contributed by atoms with van der Waals surface area (Å²) in [6, 6.07) is 28.9. The first-order chi connectivity index (χ1) is 17.1. The Morgan fingerprint density at radius 3 is 2.57 bits per heavy atom. The maximum absolute atomic E-state index is 13.9. The summed E-state index contributed by atoms with van der Waals surface area (Å²) in [6.45, 7) is 2.31. The number of benzene rings is 4. The van der Waals surface area contributed by atoms with Crippen LogP contribution in [-0.2, 0) is 6.54 Å². The van der Waals surface area contributed by atoms with Crippen LogP contribution in [0, 0.1) is 6.92 Å². The average Bonchev–Trinajstić information content (AvgIpc) is 3.30. The minimum atomic E-state index is -0.659. The molecule has 0 N–H and O–H groups in total. The van der Waals surface area contributed by atoms with E-state index in [1.165, 1.54) is 11.3 Å². The Morgan fingerprint density at radius 1 is 0.914 bits per heavy atom. The molecular formula is C29H20N2O3S. The lowest BCUT2D eigenvalue weighted by molar-refractivity contribution is 0.0981. The van der Waals surface area contributed by atoms with Gasteiger partial charge in [-0.1, -0.05) is 78.1 Å². The van der Waals surface area contributed by atoms with E-state index in [-0.39, 0.29) is 12.1 Å². The molecule has 0 unspecified atom stereocenters. The SMILES string of the molecule is Cc1ccc2nc(N(Cc3ccccc3)C(=O)c3cc4c(ccc5ccccc54)oc3=O)sc2c1. The number of anilines is 1. The van der Waals surface area contributed by atoms with Crippen LogP contribution in [0.2, 0.25) is 0 Å². The molecule has 0 radical (unpaired) electrons. The van der Waals surface area contributed by atoms with Crippen LogP contribution in [0.25, 0.3) is 32.0 Å². The van der Waals surface area contributed by atoms with Gasteiger partial charge in [-0.2, -0.15) is 0 Å². The zero-order valence-corrected chi connectivity index (χ0v) is 19.7. The fraction of sp³-hybridized carbons (Fsp3) is 0.0690. The van der Waals surface area contributed by atoms with E-state index < -0.39 is 11.5 Å². The van der Waals surface area contributed by atoms with Crippen LogP contribution < -0.4 is 10.5 Å². The Hall–Kier alpha value is -4.29. The Morgan fingerprint density at radius 2 is 1.71 bits per heavy atom. The van der Waals surface area contributed by atoms with E-state index in [2.05, 4.69) is 6.07 Å². The molecule has 6 heteroatoms. The molecule has 0 saturated heterocycles. The molecule has 1 amide bonds. The molecule has 4 aromatic carbocycles. The first-order valence-electron chi connectivity index (χ1n) is 11.3. The highest BCUT2D eigenvalue weighted by molar-refractivity contribution is 7.22. The van der Waals surface area contributed by atoms with Crippen molar-refractivity contribution in [2.75, 3.05) is 4.90 Å². The van der Waals surface area contributed by atoms with E-state index in [4.69, 9.17) is 9.40 Å². The maximum Gasteiger partial charge on any atom is 0.349 e. The van der Waals surface area contributed by atoms with Gasteiger partial charge < -0.3 is 4.42 Å². The lowest BCUT2D eigenvalue weighted by Gasteiger charge is -2.20. The van der Waals surface area contributed by atoms with Crippen LogP contribution in [0.3, 0.4) is 0 Å². The van der Waals surface area contributed by atoms with E-state index in [1.54, 1.807) is 17.0 Å². The highest BCUT2D eigenvalue weighted by Gasteiger charge is 2.25. The average molecular weight is 477 g/mol. The summed E-state index contributed by atoms with van der Waals surface area (Å²) in [6.07, 6.45) is 0. The van der Waals surface area contributed by atoms with Gasteiger partial charge in [0.2, 0.25) is 0 Å². The zero-order chi connectivity index (χ0) is 23.9. The lowest BCUT2D eigenvalue weighted by Crippen LogP contribution is -2.33. The van der Waals surface area contributed by atoms with E-state index in [1.807, 2.05) is 79.7 Å². The summed E-state index contributed by atoms with van der Waals surface area (Å²) in [5.41, 5.74) is 2.66. The molecule has 0 atom stereocenters. The van der Waals surface area contributed by atoms with Gasteiger partial charge in [-0.3, -0.25) is 9.69 Å². The van der Waals surface area contributed by atoms with Gasteiger partial charge in [0.25, 0.3) is 5.91 Å². The largest absolute Gasteiger partial charge is 0.422 e. The molecule has 0 fully saturated rings. The quantitative estimate of drug-likeness (QED) is 0.209. The Kier molecular flexibility index (Phi) is 5.16. The van der Waals surface area contributed by atoms with Crippen molar-refractivity contribution in [1.82, 2.24) is 4.98 Å². The molecule has 0 saturated carbocycles. The molecule has 6 aromatic rings. The van der Waals surface area contributed by atoms with Gasteiger partial charge in [0, 0.05) is 5.39 Å². The standard InChI is InChI=1S/C29H20N2O3S/c1-18-11-13-24-26(15-18)35-29(30-24)31(17-19-7-3-2-4-8-19)27(32)23-16-22-21-10-6-5-9-20(21)12-14-25(22)34-28(23)33/h2-16H,17H2,1H3. The van der Waals surface area contributed by atoms with Gasteiger partial charge in [0.15, 0.2) is 5.13 Å². The van der Waals surface area contributed by atoms with Gasteiger partial charge in [0.05, 0.1) is 16.8 Å². The lowest BCUT2D eigenvalue weighted by atomic mass is 10.0. The van der Waals surface area contributed by atoms with E-state index in [0.717, 1.165) is 37.5 Å². The molecular weight excluding hydrogens is 456 g/mol. The van der Waals surface area contributed by atoms with Crippen LogP contribution in [-0.4, -0.2) is 10.9 Å². The van der Waals surface area contributed by atoms with Crippen LogP contribution in [0.1, 0.15) is 21.5 Å². The predicted octanol–water partition coefficient (Wildman–Crippen LogP) is 6.71. The van der Waals surface area contributed by atoms with Crippen molar-refractivity contribution in [1.29, 1.82) is 0 Å². The molecule has 170 valence electrons. The third kappa shape index (κ3) is 3.88. The number of carbonyl (C=O) groups is 1. The van der Waals surface area contributed by atoms with Crippen LogP contribution >= 0.6 is 11.3 Å². The number of carbonyl (C=O) groups excluding carboxylic acids is 1. The molecule has 2 heterocycles. The number of thiazole rings is 1. The second kappa shape index (κ2) is 8.49. The number of fused-ring (bicyclic) bond motifs is 4. The van der Waals surface area contributed by atoms with Crippen molar-refractivity contribution in [3.05, 3.63) is 118 Å². The molecule has 35 heavy (non-hydrogen) atoms. The summed E-state index contributed by atoms with van der Waals surface area (Å²) in [4.78, 5) is 33.2. The number of rotatable bonds is 4. The van der Waals surface area contributed by atoms with Crippen molar-refractivity contribution in [2.24, 2.45) is 0 Å². The third-order valence-corrected chi connectivity index (χ3v) is 7.11. The fourth-order valence-corrected chi connectivity index (χ4v) is 5.35. The summed E-state index contributed by atoms with van der Waals surface area (Å²) >= 11 is 1.44. The highest BCUT2D eigenvalue weighted by Crippen LogP contribution is 2.32. The van der Waals surface area contributed by atoms with Gasteiger partial charge >= 0.3 is 5.63 Å². The molecule has 0 aliphatic carbocycles. The number of hydrogen-bond donors (Lipinski definition) is 0. The second-order valence-electron chi connectivity index (χ2n) is 8.49. The maximum atomic E-state index is 13.9. The molecule has 0 spiro atoms. The zero-order valence-electron chi connectivity index (χ0n) is 18.9. The number of aromatic nitrogens is 1. The summed E-state index contributed by atoms with van der Waals surface area (Å²) < 4.78 is 6.60. The smallest absolute Gasteiger partial charge is 0.349 e. The Labute approximate surface area is 204 Å². The first-order valence-corrected chi connectivity index (χ1v) is 12.1. The third-order valence-electron chi connectivity index (χ3n) is 6.06. The Bertz CT molecular complexity index is 1790. The highest BCUT2D eigenvalue weighted by atomic mass is 32.1. The van der Waals surface area contributed by atoms with Crippen molar-refractivity contribution >= 4 is 54.3 Å². The molecule has 0 aliphatic rings. The predicted molar refractivity (Wildman–Crippen MR) is 141 cm³/mol. The van der Waals surface area contributed by atoms with Crippen LogP contribution in [0.4, 0.5) is 5.13 Å². The number of hydrogen-bond acceptors (Lipinski definition) is 5. The Balaban J connectivity index is 1.52. The van der Waals surface area contributed by atoms with E-state index in [0.29, 0.717) is 10.7 Å². The number of amides is 1. The minimum absolute atomic E-state index is 0.0137. The van der Waals surface area contributed by atoms with Gasteiger partial charge in [-0.25, -0.2) is 9.78 Å². The summed E-state index contributed by atoms with van der Waals surface area (Å²) in [5.74, 6) is -0.437. The first kappa shape index (κ1) is 21.3. The normalized spacial score (nSPS) is 11.3. The fourth-order valence-electron chi connectivity index (χ4n) is 4.29. The summed E-state index contributed by atoms with van der Waals surface area (Å²) in [7, 11) is 0. The summed E-state index contributed by atoms with van der Waals surface area (Å²) in [5, 5.41) is 3.20. The monoisotopic (exact) mass is 476 g/mol. The second-order valence-corrected chi connectivity index (χ2v) is 9.50.